The molecule has 0 aliphatic carbocycles. The van der Waals surface area contributed by atoms with Crippen molar-refractivity contribution in [2.24, 2.45) is 0 Å². The topological polar surface area (TPSA) is 0 Å². The van der Waals surface area contributed by atoms with Crippen molar-refractivity contribution >= 4 is 22.5 Å². The number of benzene rings is 3. The molecule has 0 N–H and O–H groups in total. The van der Waals surface area contributed by atoms with E-state index in [-0.39, 0.29) is 0 Å². The molecule has 18 heavy (non-hydrogen) atoms. The van der Waals surface area contributed by atoms with E-state index >= 15 is 0 Å². The second kappa shape index (κ2) is 4.87. The van der Waals surface area contributed by atoms with Crippen LogP contribution in [-0.4, -0.2) is 0 Å². The van der Waals surface area contributed by atoms with E-state index in [9.17, 15) is 0 Å². The lowest BCUT2D eigenvalue weighted by Crippen LogP contribution is -1.81. The van der Waals surface area contributed by atoms with Gasteiger partial charge in [0.05, 0.1) is 0 Å². The molecule has 0 unspecified atom stereocenters. The number of hydrogen-bond donors (Lipinski definition) is 0. The first-order chi connectivity index (χ1) is 8.83. The molecular formula is C17H14S. The van der Waals surface area contributed by atoms with Gasteiger partial charge in [-0.25, -0.2) is 0 Å². The molecule has 88 valence electrons. The van der Waals surface area contributed by atoms with Gasteiger partial charge in [0.25, 0.3) is 0 Å². The lowest BCUT2D eigenvalue weighted by molar-refractivity contribution is 1.39. The molecule has 3 rings (SSSR count). The molecule has 0 spiro atoms. The van der Waals surface area contributed by atoms with Crippen LogP contribution in [0.25, 0.3) is 10.8 Å². The average Bonchev–Trinajstić information content (AvgIpc) is 2.40. The molecule has 3 aromatic carbocycles. The summed E-state index contributed by atoms with van der Waals surface area (Å²) in [5.41, 5.74) is 1.31. The van der Waals surface area contributed by atoms with Crippen LogP contribution >= 0.6 is 11.8 Å². The van der Waals surface area contributed by atoms with Gasteiger partial charge < -0.3 is 0 Å². The number of rotatable bonds is 2. The molecule has 0 saturated heterocycles. The van der Waals surface area contributed by atoms with Crippen molar-refractivity contribution < 1.29 is 0 Å². The first-order valence-electron chi connectivity index (χ1n) is 6.05. The Kier molecular flexibility index (Phi) is 3.07. The number of aryl methyl sites for hydroxylation is 1. The highest BCUT2D eigenvalue weighted by molar-refractivity contribution is 7.99. The molecule has 0 aliphatic rings. The predicted octanol–water partition coefficient (Wildman–Crippen LogP) is 5.30. The van der Waals surface area contributed by atoms with Gasteiger partial charge in [-0.05, 0) is 41.5 Å². The van der Waals surface area contributed by atoms with Gasteiger partial charge in [0.2, 0.25) is 0 Å². The van der Waals surface area contributed by atoms with Crippen molar-refractivity contribution in [2.75, 3.05) is 0 Å². The summed E-state index contributed by atoms with van der Waals surface area (Å²) in [6.07, 6.45) is 0. The van der Waals surface area contributed by atoms with E-state index in [1.54, 1.807) is 0 Å². The molecule has 1 heteroatoms. The van der Waals surface area contributed by atoms with Gasteiger partial charge in [0.1, 0.15) is 0 Å². The highest BCUT2D eigenvalue weighted by Gasteiger charge is 2.03. The Morgan fingerprint density at radius 2 is 1.50 bits per heavy atom. The monoisotopic (exact) mass is 250 g/mol. The van der Waals surface area contributed by atoms with E-state index in [1.165, 1.54) is 26.1 Å². The number of fused-ring (bicyclic) bond motifs is 1. The van der Waals surface area contributed by atoms with Crippen molar-refractivity contribution in [3.05, 3.63) is 72.3 Å². The molecule has 0 heterocycles. The van der Waals surface area contributed by atoms with Gasteiger partial charge >= 0.3 is 0 Å². The first-order valence-corrected chi connectivity index (χ1v) is 6.87. The maximum absolute atomic E-state index is 2.26. The first kappa shape index (κ1) is 11.4. The Bertz CT molecular complexity index is 672. The van der Waals surface area contributed by atoms with Crippen molar-refractivity contribution in [2.45, 2.75) is 16.7 Å². The molecule has 0 aromatic heterocycles. The minimum atomic E-state index is 1.29. The fourth-order valence-electron chi connectivity index (χ4n) is 2.12. The summed E-state index contributed by atoms with van der Waals surface area (Å²) in [6.45, 7) is 2.15. The van der Waals surface area contributed by atoms with Crippen LogP contribution in [0, 0.1) is 6.92 Å². The molecule has 0 bridgehead atoms. The van der Waals surface area contributed by atoms with Gasteiger partial charge in [0, 0.05) is 9.79 Å². The quantitative estimate of drug-likeness (QED) is 0.594. The van der Waals surface area contributed by atoms with Crippen molar-refractivity contribution in [1.29, 1.82) is 0 Å². The van der Waals surface area contributed by atoms with Crippen LogP contribution < -0.4 is 0 Å². The Morgan fingerprint density at radius 1 is 0.778 bits per heavy atom. The van der Waals surface area contributed by atoms with Gasteiger partial charge in [0.15, 0.2) is 0 Å². The smallest absolute Gasteiger partial charge is 0.0203 e. The highest BCUT2D eigenvalue weighted by Crippen LogP contribution is 2.34. The Morgan fingerprint density at radius 3 is 2.33 bits per heavy atom. The Balaban J connectivity index is 2.11. The maximum atomic E-state index is 2.26. The van der Waals surface area contributed by atoms with E-state index in [0.29, 0.717) is 0 Å². The fourth-order valence-corrected chi connectivity index (χ4v) is 3.21. The minimum absolute atomic E-state index is 1.29. The molecule has 0 nitrogen and oxygen atoms in total. The van der Waals surface area contributed by atoms with Crippen molar-refractivity contribution in [3.8, 4) is 0 Å². The zero-order valence-corrected chi connectivity index (χ0v) is 11.1. The molecular weight excluding hydrogens is 236 g/mol. The van der Waals surface area contributed by atoms with E-state index in [4.69, 9.17) is 0 Å². The van der Waals surface area contributed by atoms with Gasteiger partial charge in [-0.2, -0.15) is 0 Å². The van der Waals surface area contributed by atoms with Crippen LogP contribution in [-0.2, 0) is 0 Å². The van der Waals surface area contributed by atoms with Crippen molar-refractivity contribution in [3.63, 3.8) is 0 Å². The summed E-state index contributed by atoms with van der Waals surface area (Å²) in [4.78, 5) is 2.62. The number of hydrogen-bond acceptors (Lipinski definition) is 1. The summed E-state index contributed by atoms with van der Waals surface area (Å²) >= 11 is 1.83. The summed E-state index contributed by atoms with van der Waals surface area (Å²) in [6, 6.07) is 23.6. The average molecular weight is 250 g/mol. The zero-order chi connectivity index (χ0) is 12.4. The van der Waals surface area contributed by atoms with Crippen LogP contribution in [0.2, 0.25) is 0 Å². The molecule has 0 radical (unpaired) electrons. The maximum Gasteiger partial charge on any atom is 0.0203 e. The lowest BCUT2D eigenvalue weighted by atomic mass is 10.1. The van der Waals surface area contributed by atoms with Crippen LogP contribution in [0.5, 0.6) is 0 Å². The van der Waals surface area contributed by atoms with E-state index < -0.39 is 0 Å². The van der Waals surface area contributed by atoms with Crippen LogP contribution in [0.3, 0.4) is 0 Å². The lowest BCUT2D eigenvalue weighted by Gasteiger charge is -2.08. The fraction of sp³-hybridized carbons (Fsp3) is 0.0588. The van der Waals surface area contributed by atoms with Crippen LogP contribution in [0.15, 0.2) is 76.5 Å². The van der Waals surface area contributed by atoms with E-state index in [1.807, 2.05) is 11.8 Å². The molecule has 3 aromatic rings. The van der Waals surface area contributed by atoms with Crippen LogP contribution in [0.4, 0.5) is 0 Å². The molecule has 0 fully saturated rings. The van der Waals surface area contributed by atoms with Crippen molar-refractivity contribution in [1.82, 2.24) is 0 Å². The van der Waals surface area contributed by atoms with Gasteiger partial charge in [-0.1, -0.05) is 60.3 Å². The normalized spacial score (nSPS) is 10.7. The van der Waals surface area contributed by atoms with Gasteiger partial charge in [-0.15, -0.1) is 0 Å². The SMILES string of the molecule is Cc1cc(Sc2ccccc2)c2ccccc2c1. The van der Waals surface area contributed by atoms with E-state index in [2.05, 4.69) is 73.7 Å². The minimum Gasteiger partial charge on any atom is -0.0894 e. The Labute approximate surface area is 112 Å². The second-order valence-electron chi connectivity index (χ2n) is 4.40. The van der Waals surface area contributed by atoms with Crippen LogP contribution in [0.1, 0.15) is 5.56 Å². The second-order valence-corrected chi connectivity index (χ2v) is 5.51. The largest absolute Gasteiger partial charge is 0.0894 e. The molecule has 0 atom stereocenters. The Hall–Kier alpha value is -1.73. The third-order valence-electron chi connectivity index (χ3n) is 2.94. The van der Waals surface area contributed by atoms with Gasteiger partial charge in [-0.3, -0.25) is 0 Å². The summed E-state index contributed by atoms with van der Waals surface area (Å²) in [5.74, 6) is 0. The third kappa shape index (κ3) is 2.27. The highest BCUT2D eigenvalue weighted by atomic mass is 32.2. The zero-order valence-electron chi connectivity index (χ0n) is 10.3. The molecule has 0 aliphatic heterocycles. The summed E-state index contributed by atoms with van der Waals surface area (Å²) in [7, 11) is 0. The van der Waals surface area contributed by atoms with E-state index in [0.717, 1.165) is 0 Å². The standard InChI is InChI=1S/C17H14S/c1-13-11-14-7-5-6-10-16(14)17(12-13)18-15-8-3-2-4-9-15/h2-12H,1H3. The molecule has 0 saturated carbocycles. The summed E-state index contributed by atoms with van der Waals surface area (Å²) in [5, 5.41) is 2.65. The summed E-state index contributed by atoms with van der Waals surface area (Å²) < 4.78 is 0. The predicted molar refractivity (Wildman–Crippen MR) is 79.3 cm³/mol. The molecule has 0 amide bonds. The third-order valence-corrected chi connectivity index (χ3v) is 4.00.